The summed E-state index contributed by atoms with van der Waals surface area (Å²) in [7, 11) is 0. The average Bonchev–Trinajstić information content (AvgIpc) is 2.38. The van der Waals surface area contributed by atoms with E-state index in [0.717, 1.165) is 19.4 Å². The summed E-state index contributed by atoms with van der Waals surface area (Å²) < 4.78 is 4.99. The summed E-state index contributed by atoms with van der Waals surface area (Å²) in [5.74, 6) is 0.694. The first kappa shape index (κ1) is 16.3. The van der Waals surface area contributed by atoms with E-state index in [-0.39, 0.29) is 12.1 Å². The monoisotopic (exact) mass is 270 g/mol. The van der Waals surface area contributed by atoms with Crippen LogP contribution in [-0.4, -0.2) is 42.8 Å². The second-order valence-corrected chi connectivity index (χ2v) is 5.66. The van der Waals surface area contributed by atoms with E-state index in [9.17, 15) is 4.79 Å². The van der Waals surface area contributed by atoms with E-state index in [2.05, 4.69) is 31.0 Å². The maximum Gasteiger partial charge on any atom is 0.407 e. The van der Waals surface area contributed by atoms with Crippen LogP contribution in [-0.2, 0) is 4.74 Å². The lowest BCUT2D eigenvalue weighted by molar-refractivity contribution is 0.0897. The Morgan fingerprint density at radius 2 is 2.11 bits per heavy atom. The van der Waals surface area contributed by atoms with Crippen LogP contribution in [0.15, 0.2) is 0 Å². The van der Waals surface area contributed by atoms with Crippen LogP contribution in [0.5, 0.6) is 0 Å². The molecule has 1 amide bonds. The van der Waals surface area contributed by atoms with Gasteiger partial charge in [-0.2, -0.15) is 0 Å². The molecule has 3 atom stereocenters. The quantitative estimate of drug-likeness (QED) is 0.806. The van der Waals surface area contributed by atoms with Gasteiger partial charge in [0.15, 0.2) is 0 Å². The Bertz CT molecular complexity index is 271. The molecule has 0 spiro atoms. The highest BCUT2D eigenvalue weighted by Crippen LogP contribution is 2.23. The van der Waals surface area contributed by atoms with Crippen LogP contribution < -0.4 is 5.32 Å². The number of alkyl carbamates (subject to hydrolysis) is 1. The normalized spacial score (nSPS) is 25.9. The molecule has 3 unspecified atom stereocenters. The highest BCUT2D eigenvalue weighted by atomic mass is 16.5. The third-order valence-corrected chi connectivity index (χ3v) is 4.07. The minimum Gasteiger partial charge on any atom is -0.450 e. The molecule has 0 aromatic carbocycles. The third-order valence-electron chi connectivity index (χ3n) is 4.07. The average molecular weight is 270 g/mol. The van der Waals surface area contributed by atoms with Crippen molar-refractivity contribution in [3.05, 3.63) is 0 Å². The van der Waals surface area contributed by atoms with Crippen LogP contribution >= 0.6 is 0 Å². The zero-order valence-electron chi connectivity index (χ0n) is 12.9. The molecule has 19 heavy (non-hydrogen) atoms. The molecular weight excluding hydrogens is 240 g/mol. The van der Waals surface area contributed by atoms with Gasteiger partial charge >= 0.3 is 6.09 Å². The summed E-state index contributed by atoms with van der Waals surface area (Å²) >= 11 is 0. The first-order chi connectivity index (χ1) is 9.10. The summed E-state index contributed by atoms with van der Waals surface area (Å²) in [5, 5.41) is 3.01. The first-order valence-corrected chi connectivity index (χ1v) is 7.77. The number of likely N-dealkylation sites (tertiary alicyclic amines) is 1. The SMILES string of the molecule is CCCC1CC(NC(=O)OCC)CN(C(C)CC)C1. The van der Waals surface area contributed by atoms with E-state index in [4.69, 9.17) is 4.74 Å². The molecule has 112 valence electrons. The highest BCUT2D eigenvalue weighted by molar-refractivity contribution is 5.67. The lowest BCUT2D eigenvalue weighted by atomic mass is 9.89. The Morgan fingerprint density at radius 1 is 1.37 bits per heavy atom. The van der Waals surface area contributed by atoms with Crippen molar-refractivity contribution < 1.29 is 9.53 Å². The molecule has 1 N–H and O–H groups in total. The zero-order valence-corrected chi connectivity index (χ0v) is 12.9. The Labute approximate surface area is 117 Å². The van der Waals surface area contributed by atoms with Gasteiger partial charge < -0.3 is 10.1 Å². The maximum absolute atomic E-state index is 11.6. The van der Waals surface area contributed by atoms with Crippen LogP contribution in [0.4, 0.5) is 4.79 Å². The summed E-state index contributed by atoms with van der Waals surface area (Å²) in [6.45, 7) is 11.1. The number of piperidine rings is 1. The molecule has 1 saturated heterocycles. The van der Waals surface area contributed by atoms with E-state index >= 15 is 0 Å². The van der Waals surface area contributed by atoms with Crippen LogP contribution in [0.3, 0.4) is 0 Å². The molecule has 4 nitrogen and oxygen atoms in total. The number of amides is 1. The second-order valence-electron chi connectivity index (χ2n) is 5.66. The Kier molecular flexibility index (Phi) is 7.21. The van der Waals surface area contributed by atoms with Crippen LogP contribution in [0.2, 0.25) is 0 Å². The number of nitrogens with one attached hydrogen (secondary N) is 1. The van der Waals surface area contributed by atoms with Crippen molar-refractivity contribution in [1.82, 2.24) is 10.2 Å². The van der Waals surface area contributed by atoms with Gasteiger partial charge in [0.1, 0.15) is 0 Å². The lowest BCUT2D eigenvalue weighted by Gasteiger charge is -2.41. The molecule has 0 saturated carbocycles. The van der Waals surface area contributed by atoms with Crippen molar-refractivity contribution in [2.45, 2.75) is 65.5 Å². The minimum absolute atomic E-state index is 0.235. The molecule has 0 radical (unpaired) electrons. The number of carbonyl (C=O) groups is 1. The van der Waals surface area contributed by atoms with E-state index < -0.39 is 0 Å². The molecular formula is C15H30N2O2. The van der Waals surface area contributed by atoms with Gasteiger partial charge in [-0.3, -0.25) is 4.90 Å². The van der Waals surface area contributed by atoms with Gasteiger partial charge in [-0.15, -0.1) is 0 Å². The van der Waals surface area contributed by atoms with Crippen LogP contribution in [0.1, 0.15) is 53.4 Å². The highest BCUT2D eigenvalue weighted by Gasteiger charge is 2.29. The van der Waals surface area contributed by atoms with E-state index in [1.807, 2.05) is 6.92 Å². The molecule has 4 heteroatoms. The molecule has 1 rings (SSSR count). The number of hydrogen-bond acceptors (Lipinski definition) is 3. The summed E-state index contributed by atoms with van der Waals surface area (Å²) in [6.07, 6.45) is 4.43. The van der Waals surface area contributed by atoms with Gasteiger partial charge in [0.2, 0.25) is 0 Å². The Balaban J connectivity index is 2.56. The molecule has 0 aliphatic carbocycles. The van der Waals surface area contributed by atoms with Gasteiger partial charge in [-0.25, -0.2) is 4.79 Å². The smallest absolute Gasteiger partial charge is 0.407 e. The molecule has 0 aromatic rings. The van der Waals surface area contributed by atoms with Gasteiger partial charge in [-0.1, -0.05) is 20.3 Å². The fourth-order valence-electron chi connectivity index (χ4n) is 2.92. The largest absolute Gasteiger partial charge is 0.450 e. The zero-order chi connectivity index (χ0) is 14.3. The number of ether oxygens (including phenoxy) is 1. The van der Waals surface area contributed by atoms with Gasteiger partial charge in [-0.05, 0) is 39.0 Å². The predicted octanol–water partition coefficient (Wildman–Crippen LogP) is 3.02. The number of hydrogen-bond donors (Lipinski definition) is 1. The van der Waals surface area contributed by atoms with Crippen molar-refractivity contribution in [3.8, 4) is 0 Å². The Morgan fingerprint density at radius 3 is 2.68 bits per heavy atom. The fraction of sp³-hybridized carbons (Fsp3) is 0.933. The van der Waals surface area contributed by atoms with Crippen LogP contribution in [0, 0.1) is 5.92 Å². The van der Waals surface area contributed by atoms with Crippen molar-refractivity contribution in [2.24, 2.45) is 5.92 Å². The van der Waals surface area contributed by atoms with Gasteiger partial charge in [0, 0.05) is 25.2 Å². The summed E-state index contributed by atoms with van der Waals surface area (Å²) in [6, 6.07) is 0.824. The molecule has 0 bridgehead atoms. The second kappa shape index (κ2) is 8.41. The van der Waals surface area contributed by atoms with Crippen molar-refractivity contribution in [2.75, 3.05) is 19.7 Å². The van der Waals surface area contributed by atoms with Crippen molar-refractivity contribution >= 4 is 6.09 Å². The van der Waals surface area contributed by atoms with Crippen LogP contribution in [0.25, 0.3) is 0 Å². The Hall–Kier alpha value is -0.770. The summed E-state index contributed by atoms with van der Waals surface area (Å²) in [4.78, 5) is 14.1. The minimum atomic E-state index is -0.270. The first-order valence-electron chi connectivity index (χ1n) is 7.77. The van der Waals surface area contributed by atoms with E-state index in [0.29, 0.717) is 18.6 Å². The third kappa shape index (κ3) is 5.39. The van der Waals surface area contributed by atoms with Gasteiger partial charge in [0.05, 0.1) is 6.61 Å². The lowest BCUT2D eigenvalue weighted by Crippen LogP contribution is -2.53. The van der Waals surface area contributed by atoms with Gasteiger partial charge in [0.25, 0.3) is 0 Å². The summed E-state index contributed by atoms with van der Waals surface area (Å²) in [5.41, 5.74) is 0. The predicted molar refractivity (Wildman–Crippen MR) is 78.3 cm³/mol. The molecule has 1 fully saturated rings. The molecule has 1 heterocycles. The molecule has 1 aliphatic heterocycles. The molecule has 0 aromatic heterocycles. The van der Waals surface area contributed by atoms with Crippen molar-refractivity contribution in [1.29, 1.82) is 0 Å². The maximum atomic E-state index is 11.6. The fourth-order valence-corrected chi connectivity index (χ4v) is 2.92. The number of rotatable bonds is 6. The molecule has 1 aliphatic rings. The van der Waals surface area contributed by atoms with E-state index in [1.165, 1.54) is 19.4 Å². The topological polar surface area (TPSA) is 41.6 Å². The van der Waals surface area contributed by atoms with E-state index in [1.54, 1.807) is 0 Å². The number of nitrogens with zero attached hydrogens (tertiary/aromatic N) is 1. The number of carbonyl (C=O) groups excluding carboxylic acids is 1. The standard InChI is InChI=1S/C15H30N2O2/c1-5-8-13-9-14(16-15(18)19-7-3)11-17(10-13)12(4)6-2/h12-14H,5-11H2,1-4H3,(H,16,18). The van der Waals surface area contributed by atoms with Crippen molar-refractivity contribution in [3.63, 3.8) is 0 Å².